The lowest BCUT2D eigenvalue weighted by atomic mass is 9.93. The Morgan fingerprint density at radius 3 is 2.57 bits per heavy atom. The maximum Gasteiger partial charge on any atom is 0.0941 e. The van der Waals surface area contributed by atoms with E-state index in [0.29, 0.717) is 5.02 Å². The van der Waals surface area contributed by atoms with Crippen LogP contribution in [0.5, 0.6) is 0 Å². The van der Waals surface area contributed by atoms with E-state index in [4.69, 9.17) is 23.2 Å². The molecule has 0 spiro atoms. The first kappa shape index (κ1) is 15.5. The zero-order valence-corrected chi connectivity index (χ0v) is 14.7. The molecule has 110 valence electrons. The predicted octanol–water partition coefficient (Wildman–Crippen LogP) is 5.82. The van der Waals surface area contributed by atoms with Crippen molar-refractivity contribution < 1.29 is 0 Å². The molecule has 0 amide bonds. The number of benzene rings is 1. The van der Waals surface area contributed by atoms with Crippen molar-refractivity contribution in [2.75, 3.05) is 11.5 Å². The van der Waals surface area contributed by atoms with E-state index in [1.807, 2.05) is 60.2 Å². The van der Waals surface area contributed by atoms with Crippen LogP contribution in [0.25, 0.3) is 0 Å². The molecule has 1 atom stereocenters. The average molecular weight is 356 g/mol. The fourth-order valence-corrected chi connectivity index (χ4v) is 6.73. The molecule has 0 saturated carbocycles. The van der Waals surface area contributed by atoms with Crippen LogP contribution < -0.4 is 0 Å². The maximum atomic E-state index is 6.43. The van der Waals surface area contributed by atoms with Crippen molar-refractivity contribution in [2.45, 2.75) is 16.9 Å². The molecule has 0 aliphatic carbocycles. The second-order valence-corrected chi connectivity index (χ2v) is 8.78. The number of nitrogens with zero attached hydrogens (tertiary/aromatic N) is 1. The molecular formula is C16H15Cl2NS2. The van der Waals surface area contributed by atoms with E-state index < -0.39 is 0 Å². The Bertz CT molecular complexity index is 627. The van der Waals surface area contributed by atoms with E-state index >= 15 is 0 Å². The Kier molecular flexibility index (Phi) is 4.75. The van der Waals surface area contributed by atoms with Crippen LogP contribution >= 0.6 is 46.7 Å². The minimum Gasteiger partial charge on any atom is -0.264 e. The van der Waals surface area contributed by atoms with Crippen LogP contribution in [0.3, 0.4) is 0 Å². The number of aromatic nitrogens is 1. The molecule has 0 N–H and O–H groups in total. The summed E-state index contributed by atoms with van der Waals surface area (Å²) in [4.78, 5) is 4.31. The van der Waals surface area contributed by atoms with Gasteiger partial charge in [0.15, 0.2) is 0 Å². The maximum absolute atomic E-state index is 6.43. The summed E-state index contributed by atoms with van der Waals surface area (Å²) >= 11 is 16.4. The van der Waals surface area contributed by atoms with Gasteiger partial charge in [0.25, 0.3) is 0 Å². The minimum atomic E-state index is -0.0221. The average Bonchev–Trinajstić information content (AvgIpc) is 2.98. The summed E-state index contributed by atoms with van der Waals surface area (Å²) in [6.07, 6.45) is 3.80. The van der Waals surface area contributed by atoms with Crippen LogP contribution in [-0.2, 0) is 4.08 Å². The highest BCUT2D eigenvalue weighted by molar-refractivity contribution is 8.20. The largest absolute Gasteiger partial charge is 0.264 e. The first-order chi connectivity index (χ1) is 10.1. The van der Waals surface area contributed by atoms with Gasteiger partial charge in [-0.2, -0.15) is 0 Å². The fraction of sp³-hybridized carbons (Fsp3) is 0.312. The van der Waals surface area contributed by atoms with Crippen molar-refractivity contribution in [3.05, 3.63) is 63.9 Å². The standard InChI is InChI=1S/C16H15Cl2NS2/c1-11(14-5-4-13(17)9-15(14)18)16(20-7-8-21-16)12-3-2-6-19-10-12/h2-6,9-11H,7-8H2,1H3. The van der Waals surface area contributed by atoms with Crippen molar-refractivity contribution in [1.82, 2.24) is 4.98 Å². The SMILES string of the molecule is CC(c1ccc(Cl)cc1Cl)C1(c2cccnc2)SCCS1. The van der Waals surface area contributed by atoms with E-state index in [1.165, 1.54) is 5.56 Å². The van der Waals surface area contributed by atoms with E-state index in [0.717, 1.165) is 22.1 Å². The molecule has 0 radical (unpaired) electrons. The summed E-state index contributed by atoms with van der Waals surface area (Å²) in [5.41, 5.74) is 2.41. The molecule has 2 heterocycles. The van der Waals surface area contributed by atoms with Gasteiger partial charge < -0.3 is 0 Å². The van der Waals surface area contributed by atoms with Crippen molar-refractivity contribution in [2.24, 2.45) is 0 Å². The topological polar surface area (TPSA) is 12.9 Å². The zero-order valence-electron chi connectivity index (χ0n) is 11.6. The zero-order chi connectivity index (χ0) is 14.9. The second-order valence-electron chi connectivity index (χ2n) is 4.99. The molecule has 0 bridgehead atoms. The number of thioether (sulfide) groups is 2. The highest BCUT2D eigenvalue weighted by Crippen LogP contribution is 2.60. The lowest BCUT2D eigenvalue weighted by molar-refractivity contribution is 0.695. The highest BCUT2D eigenvalue weighted by Gasteiger charge is 2.43. The van der Waals surface area contributed by atoms with Crippen molar-refractivity contribution in [1.29, 1.82) is 0 Å². The van der Waals surface area contributed by atoms with Gasteiger partial charge in [0.05, 0.1) is 4.08 Å². The van der Waals surface area contributed by atoms with Crippen LogP contribution in [0.1, 0.15) is 24.0 Å². The third-order valence-electron chi connectivity index (χ3n) is 3.78. The van der Waals surface area contributed by atoms with Gasteiger partial charge in [-0.1, -0.05) is 42.3 Å². The Labute approximate surface area is 143 Å². The van der Waals surface area contributed by atoms with E-state index in [9.17, 15) is 0 Å². The molecule has 1 aromatic carbocycles. The van der Waals surface area contributed by atoms with Crippen LogP contribution in [0.15, 0.2) is 42.7 Å². The lowest BCUT2D eigenvalue weighted by Crippen LogP contribution is -2.23. The van der Waals surface area contributed by atoms with Gasteiger partial charge in [-0.15, -0.1) is 23.5 Å². The van der Waals surface area contributed by atoms with Gasteiger partial charge >= 0.3 is 0 Å². The Balaban J connectivity index is 2.05. The van der Waals surface area contributed by atoms with Crippen molar-refractivity contribution in [3.63, 3.8) is 0 Å². The molecule has 1 saturated heterocycles. The molecular weight excluding hydrogens is 341 g/mol. The lowest BCUT2D eigenvalue weighted by Gasteiger charge is -2.34. The Morgan fingerprint density at radius 1 is 1.19 bits per heavy atom. The summed E-state index contributed by atoms with van der Waals surface area (Å²) in [5, 5.41) is 1.42. The highest BCUT2D eigenvalue weighted by atomic mass is 35.5. The second kappa shape index (κ2) is 6.41. The van der Waals surface area contributed by atoms with Gasteiger partial charge in [0.1, 0.15) is 0 Å². The molecule has 3 rings (SSSR count). The van der Waals surface area contributed by atoms with Crippen LogP contribution in [0.4, 0.5) is 0 Å². The molecule has 1 aliphatic heterocycles. The molecule has 2 aromatic rings. The summed E-state index contributed by atoms with van der Waals surface area (Å²) in [7, 11) is 0. The monoisotopic (exact) mass is 355 g/mol. The predicted molar refractivity (Wildman–Crippen MR) is 95.7 cm³/mol. The number of rotatable bonds is 3. The quantitative estimate of drug-likeness (QED) is 0.687. The normalized spacial score (nSPS) is 18.6. The van der Waals surface area contributed by atoms with Crippen molar-refractivity contribution >= 4 is 46.7 Å². The van der Waals surface area contributed by atoms with Gasteiger partial charge in [-0.05, 0) is 29.3 Å². The van der Waals surface area contributed by atoms with E-state index in [1.54, 1.807) is 0 Å². The van der Waals surface area contributed by atoms with Gasteiger partial charge in [-0.3, -0.25) is 4.98 Å². The molecule has 1 aliphatic rings. The molecule has 1 aromatic heterocycles. The van der Waals surface area contributed by atoms with Gasteiger partial charge in [0, 0.05) is 39.9 Å². The van der Waals surface area contributed by atoms with Gasteiger partial charge in [-0.25, -0.2) is 0 Å². The van der Waals surface area contributed by atoms with Crippen LogP contribution in [-0.4, -0.2) is 16.5 Å². The van der Waals surface area contributed by atoms with Crippen molar-refractivity contribution in [3.8, 4) is 0 Å². The third kappa shape index (κ3) is 2.94. The molecule has 1 nitrogen and oxygen atoms in total. The molecule has 1 unspecified atom stereocenters. The summed E-state index contributed by atoms with van der Waals surface area (Å²) < 4.78 is -0.0221. The summed E-state index contributed by atoms with van der Waals surface area (Å²) in [6, 6.07) is 9.97. The van der Waals surface area contributed by atoms with Gasteiger partial charge in [0.2, 0.25) is 0 Å². The Morgan fingerprint density at radius 2 is 1.95 bits per heavy atom. The summed E-state index contributed by atoms with van der Waals surface area (Å²) in [5.74, 6) is 2.58. The van der Waals surface area contributed by atoms with Crippen LogP contribution in [0, 0.1) is 0 Å². The smallest absolute Gasteiger partial charge is 0.0941 e. The number of halogens is 2. The first-order valence-corrected chi connectivity index (χ1v) is 9.49. The van der Waals surface area contributed by atoms with E-state index in [2.05, 4.69) is 18.0 Å². The third-order valence-corrected chi connectivity index (χ3v) is 8.16. The minimum absolute atomic E-state index is 0.0221. The summed E-state index contributed by atoms with van der Waals surface area (Å²) in [6.45, 7) is 2.24. The number of hydrogen-bond donors (Lipinski definition) is 0. The molecule has 1 fully saturated rings. The fourth-order valence-electron chi connectivity index (χ4n) is 2.72. The Hall–Kier alpha value is -0.350. The number of pyridine rings is 1. The molecule has 21 heavy (non-hydrogen) atoms. The number of hydrogen-bond acceptors (Lipinski definition) is 3. The first-order valence-electron chi connectivity index (χ1n) is 6.77. The van der Waals surface area contributed by atoms with E-state index in [-0.39, 0.29) is 10.00 Å². The van der Waals surface area contributed by atoms with Crippen LogP contribution in [0.2, 0.25) is 10.0 Å². The molecule has 5 heteroatoms.